The maximum absolute atomic E-state index is 13.9. The lowest BCUT2D eigenvalue weighted by atomic mass is 10.0. The molecule has 0 spiro atoms. The number of anilines is 2. The van der Waals surface area contributed by atoms with Gasteiger partial charge in [0.15, 0.2) is 0 Å². The number of amides is 2. The average Bonchev–Trinajstić information content (AvgIpc) is 2.73. The Bertz CT molecular complexity index is 939. The molecule has 0 bridgehead atoms. The molecule has 31 heavy (non-hydrogen) atoms. The van der Waals surface area contributed by atoms with E-state index >= 15 is 0 Å². The molecule has 6 nitrogen and oxygen atoms in total. The number of nitrogens with one attached hydrogen (secondary N) is 2. The van der Waals surface area contributed by atoms with Crippen LogP contribution in [0.2, 0.25) is 0 Å². The van der Waals surface area contributed by atoms with E-state index in [9.17, 15) is 14.0 Å². The third-order valence-corrected chi connectivity index (χ3v) is 5.66. The third-order valence-electron chi connectivity index (χ3n) is 5.66. The zero-order valence-electron chi connectivity index (χ0n) is 18.6. The number of hydrogen-bond donors (Lipinski definition) is 2. The Labute approximate surface area is 183 Å². The molecule has 3 rings (SSSR count). The molecular formula is C24H31FN4O2. The molecule has 7 heteroatoms. The number of piperazine rings is 1. The van der Waals surface area contributed by atoms with Gasteiger partial charge < -0.3 is 20.4 Å². The van der Waals surface area contributed by atoms with E-state index in [4.69, 9.17) is 0 Å². The van der Waals surface area contributed by atoms with Gasteiger partial charge in [0, 0.05) is 37.6 Å². The topological polar surface area (TPSA) is 64.7 Å². The van der Waals surface area contributed by atoms with Gasteiger partial charge in [-0.2, -0.15) is 0 Å². The third kappa shape index (κ3) is 5.61. The fraction of sp³-hybridized carbons (Fsp3) is 0.417. The molecule has 1 atom stereocenters. The number of carbonyl (C=O) groups is 2. The van der Waals surface area contributed by atoms with Crippen LogP contribution >= 0.6 is 0 Å². The smallest absolute Gasteiger partial charge is 0.254 e. The Morgan fingerprint density at radius 2 is 1.71 bits per heavy atom. The second kappa shape index (κ2) is 9.92. The van der Waals surface area contributed by atoms with Gasteiger partial charge in [0.2, 0.25) is 5.91 Å². The molecule has 0 aliphatic carbocycles. The standard InChI is InChI=1S/C24H31FN4O2/c1-16(2)22(27-23(30)19-7-5-6-8-20(19)25)24(31)26-18-9-10-21(17(3)15-18)29-13-11-28(4)12-14-29/h5-10,15-16,22H,11-14H2,1-4H3,(H,26,31)(H,27,30). The van der Waals surface area contributed by atoms with Gasteiger partial charge >= 0.3 is 0 Å². The minimum Gasteiger partial charge on any atom is -0.369 e. The molecule has 1 saturated heterocycles. The Balaban J connectivity index is 1.68. The van der Waals surface area contributed by atoms with Crippen molar-refractivity contribution in [3.63, 3.8) is 0 Å². The molecule has 2 amide bonds. The molecule has 1 unspecified atom stereocenters. The molecule has 0 aromatic heterocycles. The molecule has 2 N–H and O–H groups in total. The van der Waals surface area contributed by atoms with Crippen LogP contribution in [0, 0.1) is 18.7 Å². The van der Waals surface area contributed by atoms with Crippen LogP contribution in [0.1, 0.15) is 29.8 Å². The normalized spacial score (nSPS) is 15.6. The Morgan fingerprint density at radius 3 is 2.32 bits per heavy atom. The fourth-order valence-corrected chi connectivity index (χ4v) is 3.75. The highest BCUT2D eigenvalue weighted by Gasteiger charge is 2.26. The summed E-state index contributed by atoms with van der Waals surface area (Å²) < 4.78 is 13.9. The Hall–Kier alpha value is -2.93. The summed E-state index contributed by atoms with van der Waals surface area (Å²) in [6.45, 7) is 9.71. The number of carbonyl (C=O) groups excluding carboxylic acids is 2. The van der Waals surface area contributed by atoms with Crippen molar-refractivity contribution in [3.05, 3.63) is 59.4 Å². The van der Waals surface area contributed by atoms with Gasteiger partial charge in [-0.15, -0.1) is 0 Å². The summed E-state index contributed by atoms with van der Waals surface area (Å²) in [5, 5.41) is 5.57. The SMILES string of the molecule is Cc1cc(NC(=O)C(NC(=O)c2ccccc2F)C(C)C)ccc1N1CCN(C)CC1. The van der Waals surface area contributed by atoms with Crippen molar-refractivity contribution in [2.75, 3.05) is 43.4 Å². The van der Waals surface area contributed by atoms with E-state index in [0.29, 0.717) is 5.69 Å². The highest BCUT2D eigenvalue weighted by atomic mass is 19.1. The van der Waals surface area contributed by atoms with Crippen molar-refractivity contribution in [1.29, 1.82) is 0 Å². The predicted octanol–water partition coefficient (Wildman–Crippen LogP) is 3.28. The largest absolute Gasteiger partial charge is 0.369 e. The summed E-state index contributed by atoms with van der Waals surface area (Å²) in [6.07, 6.45) is 0. The highest BCUT2D eigenvalue weighted by molar-refractivity contribution is 6.01. The fourth-order valence-electron chi connectivity index (χ4n) is 3.75. The van der Waals surface area contributed by atoms with Crippen LogP contribution in [0.3, 0.4) is 0 Å². The lowest BCUT2D eigenvalue weighted by molar-refractivity contribution is -0.118. The van der Waals surface area contributed by atoms with Crippen LogP contribution in [-0.4, -0.2) is 56.0 Å². The summed E-state index contributed by atoms with van der Waals surface area (Å²) in [5.41, 5.74) is 2.85. The van der Waals surface area contributed by atoms with E-state index in [1.165, 1.54) is 23.9 Å². The van der Waals surface area contributed by atoms with Crippen molar-refractivity contribution in [3.8, 4) is 0 Å². The summed E-state index contributed by atoms with van der Waals surface area (Å²) in [5.74, 6) is -1.71. The molecule has 1 fully saturated rings. The van der Waals surface area contributed by atoms with Crippen molar-refractivity contribution in [1.82, 2.24) is 10.2 Å². The maximum atomic E-state index is 13.9. The average molecular weight is 427 g/mol. The van der Waals surface area contributed by atoms with Crippen LogP contribution < -0.4 is 15.5 Å². The number of benzene rings is 2. The van der Waals surface area contributed by atoms with Crippen molar-refractivity contribution in [2.45, 2.75) is 26.8 Å². The number of rotatable bonds is 6. The quantitative estimate of drug-likeness (QED) is 0.744. The molecule has 1 aliphatic heterocycles. The van der Waals surface area contributed by atoms with Gasteiger partial charge in [0.05, 0.1) is 5.56 Å². The van der Waals surface area contributed by atoms with Crippen LogP contribution in [0.4, 0.5) is 15.8 Å². The van der Waals surface area contributed by atoms with Gasteiger partial charge in [-0.25, -0.2) is 4.39 Å². The summed E-state index contributed by atoms with van der Waals surface area (Å²) in [6, 6.07) is 10.8. The maximum Gasteiger partial charge on any atom is 0.254 e. The second-order valence-electron chi connectivity index (χ2n) is 8.46. The van der Waals surface area contributed by atoms with Crippen LogP contribution in [-0.2, 0) is 4.79 Å². The molecular weight excluding hydrogens is 395 g/mol. The van der Waals surface area contributed by atoms with E-state index < -0.39 is 17.8 Å². The van der Waals surface area contributed by atoms with E-state index in [0.717, 1.165) is 31.7 Å². The first-order valence-electron chi connectivity index (χ1n) is 10.7. The zero-order chi connectivity index (χ0) is 22.5. The molecule has 166 valence electrons. The molecule has 2 aromatic carbocycles. The molecule has 0 saturated carbocycles. The van der Waals surface area contributed by atoms with E-state index in [1.54, 1.807) is 6.07 Å². The first-order valence-corrected chi connectivity index (χ1v) is 10.7. The number of likely N-dealkylation sites (N-methyl/N-ethyl adjacent to an activating group) is 1. The minimum atomic E-state index is -0.787. The number of aryl methyl sites for hydroxylation is 1. The minimum absolute atomic E-state index is 0.0756. The molecule has 2 aromatic rings. The van der Waals surface area contributed by atoms with Crippen molar-refractivity contribution < 1.29 is 14.0 Å². The highest BCUT2D eigenvalue weighted by Crippen LogP contribution is 2.25. The predicted molar refractivity (Wildman–Crippen MR) is 122 cm³/mol. The second-order valence-corrected chi connectivity index (χ2v) is 8.46. The molecule has 0 radical (unpaired) electrons. The van der Waals surface area contributed by atoms with Gasteiger partial charge in [-0.05, 0) is 55.8 Å². The van der Waals surface area contributed by atoms with Gasteiger partial charge in [0.1, 0.15) is 11.9 Å². The number of hydrogen-bond acceptors (Lipinski definition) is 4. The monoisotopic (exact) mass is 426 g/mol. The Morgan fingerprint density at radius 1 is 1.03 bits per heavy atom. The lowest BCUT2D eigenvalue weighted by Crippen LogP contribution is -2.47. The number of nitrogens with zero attached hydrogens (tertiary/aromatic N) is 2. The van der Waals surface area contributed by atoms with E-state index in [-0.39, 0.29) is 17.4 Å². The lowest BCUT2D eigenvalue weighted by Gasteiger charge is -2.35. The molecule has 1 heterocycles. The van der Waals surface area contributed by atoms with Gasteiger partial charge in [0.25, 0.3) is 5.91 Å². The van der Waals surface area contributed by atoms with Gasteiger partial charge in [-0.3, -0.25) is 9.59 Å². The number of halogens is 1. The Kier molecular flexibility index (Phi) is 7.28. The summed E-state index contributed by atoms with van der Waals surface area (Å²) >= 11 is 0. The first-order chi connectivity index (χ1) is 14.8. The molecule has 1 aliphatic rings. The van der Waals surface area contributed by atoms with E-state index in [2.05, 4.69) is 27.5 Å². The van der Waals surface area contributed by atoms with Gasteiger partial charge in [-0.1, -0.05) is 26.0 Å². The van der Waals surface area contributed by atoms with Crippen molar-refractivity contribution >= 4 is 23.2 Å². The van der Waals surface area contributed by atoms with E-state index in [1.807, 2.05) is 39.0 Å². The van der Waals surface area contributed by atoms with Crippen LogP contribution in [0.5, 0.6) is 0 Å². The van der Waals surface area contributed by atoms with Crippen LogP contribution in [0.25, 0.3) is 0 Å². The summed E-state index contributed by atoms with van der Waals surface area (Å²) in [4.78, 5) is 30.1. The van der Waals surface area contributed by atoms with Crippen molar-refractivity contribution in [2.24, 2.45) is 5.92 Å². The summed E-state index contributed by atoms with van der Waals surface area (Å²) in [7, 11) is 2.12. The van der Waals surface area contributed by atoms with Crippen LogP contribution in [0.15, 0.2) is 42.5 Å². The zero-order valence-corrected chi connectivity index (χ0v) is 18.6. The first kappa shape index (κ1) is 22.7.